The van der Waals surface area contributed by atoms with Crippen molar-refractivity contribution in [3.63, 3.8) is 0 Å². The molecule has 0 nitrogen and oxygen atoms in total. The molecule has 0 amide bonds. The van der Waals surface area contributed by atoms with Gasteiger partial charge in [-0.15, -0.1) is 0 Å². The van der Waals surface area contributed by atoms with Gasteiger partial charge < -0.3 is 0 Å². The SMILES string of the molecule is C.[AlH3].[Cu].[Fe].[Zn]. The largest absolute Gasteiger partial charge is 0.187 e. The molecular weight excluding hydrogens is 224 g/mol. The third-order valence-corrected chi connectivity index (χ3v) is 0. The Labute approximate surface area is 77.7 Å². The Bertz CT molecular complexity index is 11.6. The normalized spacial score (nSPS) is 0. The molecule has 5 heavy (non-hydrogen) atoms. The Hall–Kier alpha value is 2.19. The molecule has 0 fully saturated rings. The summed E-state index contributed by atoms with van der Waals surface area (Å²) < 4.78 is 0. The molecule has 0 aliphatic rings. The summed E-state index contributed by atoms with van der Waals surface area (Å²) in [5, 5.41) is 0. The van der Waals surface area contributed by atoms with Crippen molar-refractivity contribution < 1.29 is 53.6 Å². The van der Waals surface area contributed by atoms with Gasteiger partial charge >= 0.3 is 0 Å². The van der Waals surface area contributed by atoms with Crippen molar-refractivity contribution in [2.75, 3.05) is 0 Å². The van der Waals surface area contributed by atoms with Crippen LogP contribution in [0.2, 0.25) is 0 Å². The maximum Gasteiger partial charge on any atom is 0.187 e. The molecule has 1 radical (unpaired) electrons. The molecule has 0 spiro atoms. The maximum atomic E-state index is 0. The fourth-order valence-corrected chi connectivity index (χ4v) is 0. The third kappa shape index (κ3) is 22.6. The van der Waals surface area contributed by atoms with Crippen LogP contribution in [0.25, 0.3) is 0 Å². The molecule has 0 aromatic rings. The zero-order valence-corrected chi connectivity index (χ0v) is 6.38. The van der Waals surface area contributed by atoms with E-state index < -0.39 is 0 Å². The molecule has 4 heteroatoms. The molecule has 0 unspecified atom stereocenters. The van der Waals surface area contributed by atoms with Crippen LogP contribution in [0, 0.1) is 0 Å². The average molecular weight is 231 g/mol. The molecule has 0 N–H and O–H groups in total. The van der Waals surface area contributed by atoms with Gasteiger partial charge in [0.05, 0.1) is 0 Å². The van der Waals surface area contributed by atoms with Crippen molar-refractivity contribution >= 4 is 17.4 Å². The Morgan fingerprint density at radius 2 is 1.00 bits per heavy atom. The van der Waals surface area contributed by atoms with Crippen LogP contribution in [-0.2, 0) is 53.6 Å². The fourth-order valence-electron chi connectivity index (χ4n) is 0. The van der Waals surface area contributed by atoms with Gasteiger partial charge in [0.1, 0.15) is 0 Å². The van der Waals surface area contributed by atoms with Gasteiger partial charge in [-0.2, -0.15) is 0 Å². The zero-order valence-electron chi connectivity index (χ0n) is 1.36. The molecular formula is CH7AlCuFeZn. The van der Waals surface area contributed by atoms with Gasteiger partial charge in [0, 0.05) is 53.6 Å². The van der Waals surface area contributed by atoms with E-state index in [1.807, 2.05) is 0 Å². The monoisotopic (exact) mass is 229 g/mol. The van der Waals surface area contributed by atoms with Gasteiger partial charge in [-0.25, -0.2) is 0 Å². The topological polar surface area (TPSA) is 0 Å². The van der Waals surface area contributed by atoms with Crippen LogP contribution in [0.4, 0.5) is 0 Å². The van der Waals surface area contributed by atoms with Crippen molar-refractivity contribution in [1.29, 1.82) is 0 Å². The van der Waals surface area contributed by atoms with Gasteiger partial charge in [-0.3, -0.25) is 0 Å². The quantitative estimate of drug-likeness (QED) is 0.490. The molecule has 0 saturated carbocycles. The van der Waals surface area contributed by atoms with E-state index in [9.17, 15) is 0 Å². The first kappa shape index (κ1) is 57.3. The van der Waals surface area contributed by atoms with Crippen molar-refractivity contribution in [2.45, 2.75) is 7.43 Å². The molecule has 0 aromatic heterocycles. The van der Waals surface area contributed by atoms with Crippen LogP contribution in [-0.4, -0.2) is 17.4 Å². The van der Waals surface area contributed by atoms with E-state index in [-0.39, 0.29) is 78.4 Å². The summed E-state index contributed by atoms with van der Waals surface area (Å²) in [5.74, 6) is 0. The molecule has 0 saturated heterocycles. The van der Waals surface area contributed by atoms with Gasteiger partial charge in [-0.1, -0.05) is 7.43 Å². The molecule has 0 aliphatic heterocycles. The van der Waals surface area contributed by atoms with Gasteiger partial charge in [-0.05, 0) is 0 Å². The van der Waals surface area contributed by atoms with E-state index in [4.69, 9.17) is 0 Å². The minimum absolute atomic E-state index is 0. The third-order valence-electron chi connectivity index (χ3n) is 0. The summed E-state index contributed by atoms with van der Waals surface area (Å²) in [6, 6.07) is 0. The van der Waals surface area contributed by atoms with Crippen LogP contribution >= 0.6 is 0 Å². The minimum Gasteiger partial charge on any atom is -0.0776 e. The van der Waals surface area contributed by atoms with E-state index in [0.29, 0.717) is 0 Å². The van der Waals surface area contributed by atoms with Crippen molar-refractivity contribution in [1.82, 2.24) is 0 Å². The van der Waals surface area contributed by atoms with Crippen LogP contribution in [0.1, 0.15) is 7.43 Å². The van der Waals surface area contributed by atoms with Crippen LogP contribution in [0.5, 0.6) is 0 Å². The van der Waals surface area contributed by atoms with Gasteiger partial charge in [0.25, 0.3) is 0 Å². The molecule has 0 heterocycles. The minimum atomic E-state index is 0. The van der Waals surface area contributed by atoms with Crippen molar-refractivity contribution in [2.24, 2.45) is 0 Å². The van der Waals surface area contributed by atoms with Crippen LogP contribution in [0.15, 0.2) is 0 Å². The maximum absolute atomic E-state index is 0. The predicted molar refractivity (Wildman–Crippen MR) is 16.7 cm³/mol. The second kappa shape index (κ2) is 34.7. The van der Waals surface area contributed by atoms with E-state index in [1.165, 1.54) is 0 Å². The number of hydrogen-bond donors (Lipinski definition) is 0. The summed E-state index contributed by atoms with van der Waals surface area (Å²) in [4.78, 5) is 0. The second-order valence-electron chi connectivity index (χ2n) is 0. The summed E-state index contributed by atoms with van der Waals surface area (Å²) in [6.45, 7) is 0. The molecule has 0 bridgehead atoms. The smallest absolute Gasteiger partial charge is 0.0776 e. The van der Waals surface area contributed by atoms with Crippen LogP contribution in [0.3, 0.4) is 0 Å². The van der Waals surface area contributed by atoms with Gasteiger partial charge in [0.2, 0.25) is 0 Å². The Morgan fingerprint density at radius 1 is 1.00 bits per heavy atom. The van der Waals surface area contributed by atoms with E-state index in [2.05, 4.69) is 0 Å². The number of hydrogen-bond acceptors (Lipinski definition) is 0. The number of rotatable bonds is 0. The Kier molecular flexibility index (Phi) is 398. The Balaban J connectivity index is 0. The average Bonchev–Trinajstić information content (AvgIpc) is 0. The van der Waals surface area contributed by atoms with Crippen LogP contribution < -0.4 is 0 Å². The summed E-state index contributed by atoms with van der Waals surface area (Å²) in [5.41, 5.74) is 0. The molecule has 0 atom stereocenters. The van der Waals surface area contributed by atoms with E-state index in [0.717, 1.165) is 0 Å². The molecule has 35 valence electrons. The van der Waals surface area contributed by atoms with Gasteiger partial charge in [0.15, 0.2) is 17.4 Å². The predicted octanol–water partition coefficient (Wildman–Crippen LogP) is -0.555. The first-order valence-electron chi connectivity index (χ1n) is 0. The summed E-state index contributed by atoms with van der Waals surface area (Å²) >= 11 is 0. The second-order valence-corrected chi connectivity index (χ2v) is 0. The zero-order chi connectivity index (χ0) is 0. The van der Waals surface area contributed by atoms with Crippen molar-refractivity contribution in [3.05, 3.63) is 0 Å². The molecule has 0 rings (SSSR count). The first-order chi connectivity index (χ1) is 0. The Morgan fingerprint density at radius 3 is 1.00 bits per heavy atom. The molecule has 0 aliphatic carbocycles. The summed E-state index contributed by atoms with van der Waals surface area (Å²) in [7, 11) is 0. The molecule has 0 aromatic carbocycles. The van der Waals surface area contributed by atoms with E-state index >= 15 is 0 Å². The van der Waals surface area contributed by atoms with Crippen molar-refractivity contribution in [3.8, 4) is 0 Å². The standard InChI is InChI=1S/CH4.Al.Cu.Fe.Zn.3H/h1H4;;;;;;;. The first-order valence-corrected chi connectivity index (χ1v) is 0. The summed E-state index contributed by atoms with van der Waals surface area (Å²) in [6.07, 6.45) is 0. The van der Waals surface area contributed by atoms with E-state index in [1.54, 1.807) is 0 Å². The fraction of sp³-hybridized carbons (Fsp3) is 1.00.